The molecular formula is C66H102O6. The Kier molecular flexibility index (Phi) is 54.6. The Balaban J connectivity index is 4.57. The summed E-state index contributed by atoms with van der Waals surface area (Å²) in [5, 5.41) is 0. The summed E-state index contributed by atoms with van der Waals surface area (Å²) in [7, 11) is 0. The predicted molar refractivity (Wildman–Crippen MR) is 311 cm³/mol. The molecule has 0 rings (SSSR count). The van der Waals surface area contributed by atoms with Crippen LogP contribution >= 0.6 is 0 Å². The van der Waals surface area contributed by atoms with Crippen molar-refractivity contribution in [2.45, 2.75) is 226 Å². The third-order valence-electron chi connectivity index (χ3n) is 11.4. The van der Waals surface area contributed by atoms with Gasteiger partial charge in [-0.3, -0.25) is 14.4 Å². The largest absolute Gasteiger partial charge is 0.462 e. The predicted octanol–water partition coefficient (Wildman–Crippen LogP) is 19.4. The standard InChI is InChI=1S/C66H102O6/c1-4-7-10-13-16-19-22-25-28-31-33-36-38-41-44-47-50-53-56-59-65(68)71-62-63(61-70-64(67)58-55-52-49-46-43-40-37-34-30-27-24-21-18-15-12-9-6-3)72-66(69)60-57-54-51-48-45-42-39-35-32-29-26-23-20-17-14-11-8-5-2/h7,9-12,14,16-21,23,25-30,32,35,37,39-40,46,49,63H,4-6,8,13,15,22,24,31,33-34,36,38,41-45,47-48,50-62H2,1-3H3/b10-7-,12-9-,14-11-,19-16-,20-17-,21-18-,26-23-,28-25-,30-27-,32-29-,39-35-,40-37-,49-46-. The SMILES string of the molecule is CC/C=C\C/C=C\C/C=C\C/C=C\C/C=C\CCCC(=O)OCC(COC(=O)CCCCCCCCCCC/C=C\C/C=C\C/C=C\CC)OC(=O)CCCCCCC\C=C/C=C\C=C/C=C\C=C/CCC. The highest BCUT2D eigenvalue weighted by molar-refractivity contribution is 5.71. The minimum Gasteiger partial charge on any atom is -0.462 e. The van der Waals surface area contributed by atoms with Crippen LogP contribution in [-0.4, -0.2) is 37.2 Å². The van der Waals surface area contributed by atoms with E-state index in [4.69, 9.17) is 14.2 Å². The van der Waals surface area contributed by atoms with E-state index < -0.39 is 6.10 Å². The van der Waals surface area contributed by atoms with Crippen molar-refractivity contribution in [1.82, 2.24) is 0 Å². The minimum atomic E-state index is -0.826. The highest BCUT2D eigenvalue weighted by Gasteiger charge is 2.19. The zero-order chi connectivity index (χ0) is 52.2. The quantitative estimate of drug-likeness (QED) is 0.0199. The van der Waals surface area contributed by atoms with E-state index in [1.807, 2.05) is 36.5 Å². The molecule has 0 amide bonds. The summed E-state index contributed by atoms with van der Waals surface area (Å²) in [5.41, 5.74) is 0. The van der Waals surface area contributed by atoms with Crippen LogP contribution in [0.3, 0.4) is 0 Å². The third-order valence-corrected chi connectivity index (χ3v) is 11.4. The van der Waals surface area contributed by atoms with Crippen LogP contribution in [-0.2, 0) is 28.6 Å². The van der Waals surface area contributed by atoms with Gasteiger partial charge in [-0.1, -0.05) is 249 Å². The summed E-state index contributed by atoms with van der Waals surface area (Å²) < 4.78 is 16.8. The highest BCUT2D eigenvalue weighted by Crippen LogP contribution is 2.14. The molecule has 0 aliphatic heterocycles. The zero-order valence-corrected chi connectivity index (χ0v) is 45.9. The monoisotopic (exact) mass is 991 g/mol. The van der Waals surface area contributed by atoms with Crippen LogP contribution in [0.25, 0.3) is 0 Å². The van der Waals surface area contributed by atoms with Crippen molar-refractivity contribution in [3.8, 4) is 0 Å². The van der Waals surface area contributed by atoms with Crippen molar-refractivity contribution in [1.29, 1.82) is 0 Å². The molecule has 0 aliphatic rings. The number of esters is 3. The van der Waals surface area contributed by atoms with Crippen molar-refractivity contribution in [3.63, 3.8) is 0 Å². The lowest BCUT2D eigenvalue weighted by Gasteiger charge is -2.18. The number of carbonyl (C=O) groups is 3. The molecule has 0 bridgehead atoms. The molecule has 0 aromatic carbocycles. The van der Waals surface area contributed by atoms with Crippen LogP contribution in [0.2, 0.25) is 0 Å². The van der Waals surface area contributed by atoms with E-state index in [-0.39, 0.29) is 44.0 Å². The number of ether oxygens (including phenoxy) is 3. The maximum Gasteiger partial charge on any atom is 0.306 e. The van der Waals surface area contributed by atoms with E-state index in [0.29, 0.717) is 12.8 Å². The molecule has 1 atom stereocenters. The number of unbranched alkanes of at least 4 members (excludes halogenated alkanes) is 16. The van der Waals surface area contributed by atoms with Crippen molar-refractivity contribution in [2.24, 2.45) is 0 Å². The first-order chi connectivity index (χ1) is 35.5. The first kappa shape index (κ1) is 67.0. The Bertz CT molecular complexity index is 1660. The summed E-state index contributed by atoms with van der Waals surface area (Å²) in [6.07, 6.45) is 85.1. The fourth-order valence-electron chi connectivity index (χ4n) is 7.17. The van der Waals surface area contributed by atoms with Gasteiger partial charge in [0.1, 0.15) is 13.2 Å². The van der Waals surface area contributed by atoms with Crippen molar-refractivity contribution >= 4 is 17.9 Å². The fourth-order valence-corrected chi connectivity index (χ4v) is 7.17. The number of allylic oxidation sites excluding steroid dienone is 26. The second-order valence-corrected chi connectivity index (χ2v) is 18.2. The van der Waals surface area contributed by atoms with Crippen LogP contribution in [0.4, 0.5) is 0 Å². The summed E-state index contributed by atoms with van der Waals surface area (Å²) in [6.45, 7) is 6.24. The van der Waals surface area contributed by atoms with Crippen molar-refractivity contribution in [3.05, 3.63) is 158 Å². The van der Waals surface area contributed by atoms with Gasteiger partial charge < -0.3 is 14.2 Å². The van der Waals surface area contributed by atoms with Crippen LogP contribution in [0, 0.1) is 0 Å². The van der Waals surface area contributed by atoms with Gasteiger partial charge in [0, 0.05) is 19.3 Å². The normalized spacial score (nSPS) is 13.3. The second kappa shape index (κ2) is 58.6. The zero-order valence-electron chi connectivity index (χ0n) is 45.9. The van der Waals surface area contributed by atoms with E-state index in [0.717, 1.165) is 128 Å². The smallest absolute Gasteiger partial charge is 0.306 e. The molecule has 0 aromatic heterocycles. The Morgan fingerprint density at radius 1 is 0.306 bits per heavy atom. The molecule has 72 heavy (non-hydrogen) atoms. The van der Waals surface area contributed by atoms with E-state index in [2.05, 4.69) is 142 Å². The molecule has 0 spiro atoms. The lowest BCUT2D eigenvalue weighted by molar-refractivity contribution is -0.167. The van der Waals surface area contributed by atoms with Gasteiger partial charge in [-0.25, -0.2) is 0 Å². The summed E-state index contributed by atoms with van der Waals surface area (Å²) >= 11 is 0. The Labute approximate surface area is 441 Å². The number of hydrogen-bond donors (Lipinski definition) is 0. The van der Waals surface area contributed by atoms with Crippen LogP contribution in [0.5, 0.6) is 0 Å². The Morgan fingerprint density at radius 3 is 1.03 bits per heavy atom. The molecule has 6 heteroatoms. The molecule has 6 nitrogen and oxygen atoms in total. The molecule has 0 aliphatic carbocycles. The number of carbonyl (C=O) groups excluding carboxylic acids is 3. The molecule has 0 aromatic rings. The number of hydrogen-bond acceptors (Lipinski definition) is 6. The van der Waals surface area contributed by atoms with Crippen LogP contribution in [0.15, 0.2) is 158 Å². The molecule has 402 valence electrons. The van der Waals surface area contributed by atoms with Crippen LogP contribution in [0.1, 0.15) is 220 Å². The van der Waals surface area contributed by atoms with E-state index in [1.165, 1.54) is 44.9 Å². The topological polar surface area (TPSA) is 78.9 Å². The minimum absolute atomic E-state index is 0.117. The molecule has 0 N–H and O–H groups in total. The summed E-state index contributed by atoms with van der Waals surface area (Å²) in [4.78, 5) is 38.2. The highest BCUT2D eigenvalue weighted by atomic mass is 16.6. The molecule has 0 radical (unpaired) electrons. The molecule has 0 heterocycles. The molecule has 0 saturated heterocycles. The van der Waals surface area contributed by atoms with Gasteiger partial charge in [0.05, 0.1) is 0 Å². The lowest BCUT2D eigenvalue weighted by atomic mass is 10.1. The van der Waals surface area contributed by atoms with Gasteiger partial charge in [-0.05, 0) is 109 Å². The molecule has 1 unspecified atom stereocenters. The summed E-state index contributed by atoms with van der Waals surface area (Å²) in [5.74, 6) is -1.02. The van der Waals surface area contributed by atoms with Crippen LogP contribution < -0.4 is 0 Å². The molecular weight excluding hydrogens is 889 g/mol. The molecule has 0 fully saturated rings. The third kappa shape index (κ3) is 56.0. The van der Waals surface area contributed by atoms with Gasteiger partial charge in [0.25, 0.3) is 0 Å². The van der Waals surface area contributed by atoms with E-state index in [9.17, 15) is 14.4 Å². The first-order valence-corrected chi connectivity index (χ1v) is 28.6. The van der Waals surface area contributed by atoms with E-state index in [1.54, 1.807) is 0 Å². The average Bonchev–Trinajstić information content (AvgIpc) is 3.38. The van der Waals surface area contributed by atoms with Crippen molar-refractivity contribution < 1.29 is 28.6 Å². The maximum absolute atomic E-state index is 12.9. The van der Waals surface area contributed by atoms with Crippen molar-refractivity contribution in [2.75, 3.05) is 13.2 Å². The van der Waals surface area contributed by atoms with E-state index >= 15 is 0 Å². The lowest BCUT2D eigenvalue weighted by Crippen LogP contribution is -2.30. The maximum atomic E-state index is 12.9. The van der Waals surface area contributed by atoms with Gasteiger partial charge in [0.15, 0.2) is 6.10 Å². The summed E-state index contributed by atoms with van der Waals surface area (Å²) in [6, 6.07) is 0. The Hall–Kier alpha value is -4.97. The second-order valence-electron chi connectivity index (χ2n) is 18.2. The fraction of sp³-hybridized carbons (Fsp3) is 0.561. The van der Waals surface area contributed by atoms with Gasteiger partial charge in [-0.2, -0.15) is 0 Å². The number of rotatable bonds is 49. The first-order valence-electron chi connectivity index (χ1n) is 28.6. The average molecular weight is 992 g/mol. The van der Waals surface area contributed by atoms with Gasteiger partial charge in [-0.15, -0.1) is 0 Å². The van der Waals surface area contributed by atoms with Gasteiger partial charge in [0.2, 0.25) is 0 Å². The Morgan fingerprint density at radius 2 is 0.611 bits per heavy atom. The van der Waals surface area contributed by atoms with Gasteiger partial charge >= 0.3 is 17.9 Å². The molecule has 0 saturated carbocycles.